The van der Waals surface area contributed by atoms with E-state index < -0.39 is 22.9 Å². The van der Waals surface area contributed by atoms with Gasteiger partial charge in [-0.05, 0) is 66.3 Å². The third-order valence-corrected chi connectivity index (χ3v) is 6.45. The highest BCUT2D eigenvalue weighted by Gasteiger charge is 2.36. The van der Waals surface area contributed by atoms with Crippen LogP contribution in [-0.2, 0) is 12.7 Å². The van der Waals surface area contributed by atoms with E-state index in [0.717, 1.165) is 22.8 Å². The molecule has 0 aliphatic carbocycles. The summed E-state index contributed by atoms with van der Waals surface area (Å²) in [6, 6.07) is 12.8. The van der Waals surface area contributed by atoms with Crippen molar-refractivity contribution in [2.75, 3.05) is 0 Å². The lowest BCUT2D eigenvalue weighted by molar-refractivity contribution is -0.137. The van der Waals surface area contributed by atoms with Crippen molar-refractivity contribution in [3.63, 3.8) is 0 Å². The molecular weight excluding hydrogens is 529 g/mol. The van der Waals surface area contributed by atoms with Crippen molar-refractivity contribution in [3.05, 3.63) is 104 Å². The summed E-state index contributed by atoms with van der Waals surface area (Å²) < 4.78 is 49.0. The van der Waals surface area contributed by atoms with Gasteiger partial charge in [0.25, 0.3) is 5.56 Å². The SMILES string of the molecule is Cc1ccc(Cn2c(-c3ccc(Oc4cncc(Cl)n4)c(C(C)C)c3)cc(C(F)(F)F)c(C#N)c2=O)c(C)c1. The van der Waals surface area contributed by atoms with Gasteiger partial charge in [-0.25, -0.2) is 0 Å². The van der Waals surface area contributed by atoms with E-state index in [2.05, 4.69) is 9.97 Å². The molecule has 0 aliphatic rings. The van der Waals surface area contributed by atoms with Gasteiger partial charge in [0.15, 0.2) is 5.15 Å². The Kier molecular flexibility index (Phi) is 7.79. The van der Waals surface area contributed by atoms with E-state index in [1.165, 1.54) is 23.0 Å². The minimum Gasteiger partial charge on any atom is -0.437 e. The summed E-state index contributed by atoms with van der Waals surface area (Å²) in [5.41, 5.74) is 0.456. The van der Waals surface area contributed by atoms with Crippen LogP contribution in [0.4, 0.5) is 13.2 Å². The average Bonchev–Trinajstić information content (AvgIpc) is 2.86. The zero-order valence-electron chi connectivity index (χ0n) is 21.6. The van der Waals surface area contributed by atoms with Crippen molar-refractivity contribution in [1.82, 2.24) is 14.5 Å². The normalized spacial score (nSPS) is 11.5. The maximum Gasteiger partial charge on any atom is 0.417 e. The van der Waals surface area contributed by atoms with Gasteiger partial charge in [-0.15, -0.1) is 0 Å². The van der Waals surface area contributed by atoms with Crippen molar-refractivity contribution < 1.29 is 17.9 Å². The molecule has 200 valence electrons. The molecule has 2 heterocycles. The zero-order chi connectivity index (χ0) is 28.5. The van der Waals surface area contributed by atoms with Gasteiger partial charge in [0.1, 0.15) is 17.4 Å². The number of aryl methyl sites for hydroxylation is 2. The standard InChI is InChI=1S/C29H24ClF3N4O2/c1-16(2)21-10-19(7-8-25(21)39-27-14-35-13-26(30)36-27)24-11-23(29(31,32)33)22(12-34)28(38)37(24)15-20-6-5-17(3)9-18(20)4/h5-11,13-14,16H,15H2,1-4H3. The summed E-state index contributed by atoms with van der Waals surface area (Å²) in [6.07, 6.45) is -2.15. The minimum atomic E-state index is -4.90. The monoisotopic (exact) mass is 552 g/mol. The predicted molar refractivity (Wildman–Crippen MR) is 142 cm³/mol. The van der Waals surface area contributed by atoms with Crippen LogP contribution >= 0.6 is 11.6 Å². The van der Waals surface area contributed by atoms with E-state index in [1.54, 1.807) is 18.2 Å². The van der Waals surface area contributed by atoms with Gasteiger partial charge < -0.3 is 9.30 Å². The molecule has 0 unspecified atom stereocenters. The highest BCUT2D eigenvalue weighted by molar-refractivity contribution is 6.29. The molecule has 0 saturated heterocycles. The Labute approximate surface area is 228 Å². The zero-order valence-corrected chi connectivity index (χ0v) is 22.4. The van der Waals surface area contributed by atoms with Crippen LogP contribution in [0, 0.1) is 25.2 Å². The molecule has 0 spiro atoms. The Morgan fingerprint density at radius 1 is 1.10 bits per heavy atom. The fourth-order valence-electron chi connectivity index (χ4n) is 4.31. The molecule has 39 heavy (non-hydrogen) atoms. The second-order valence-electron chi connectivity index (χ2n) is 9.44. The molecule has 0 saturated carbocycles. The lowest BCUT2D eigenvalue weighted by atomic mass is 9.96. The van der Waals surface area contributed by atoms with E-state index in [9.17, 15) is 23.2 Å². The second-order valence-corrected chi connectivity index (χ2v) is 9.83. The molecule has 4 rings (SSSR count). The Morgan fingerprint density at radius 3 is 2.46 bits per heavy atom. The predicted octanol–water partition coefficient (Wildman–Crippen LogP) is 7.43. The smallest absolute Gasteiger partial charge is 0.417 e. The summed E-state index contributed by atoms with van der Waals surface area (Å²) in [7, 11) is 0. The van der Waals surface area contributed by atoms with Crippen LogP contribution < -0.4 is 10.3 Å². The average molecular weight is 553 g/mol. The number of hydrogen-bond acceptors (Lipinski definition) is 5. The first-order valence-corrected chi connectivity index (χ1v) is 12.4. The number of pyridine rings is 1. The van der Waals surface area contributed by atoms with Crippen LogP contribution in [0.5, 0.6) is 11.6 Å². The van der Waals surface area contributed by atoms with E-state index in [-0.39, 0.29) is 29.2 Å². The molecule has 0 aliphatic heterocycles. The first-order valence-electron chi connectivity index (χ1n) is 12.0. The van der Waals surface area contributed by atoms with E-state index >= 15 is 0 Å². The lowest BCUT2D eigenvalue weighted by Gasteiger charge is -2.20. The van der Waals surface area contributed by atoms with E-state index in [1.807, 2.05) is 45.9 Å². The topological polar surface area (TPSA) is 80.8 Å². The van der Waals surface area contributed by atoms with Crippen LogP contribution in [0.15, 0.2) is 59.7 Å². The van der Waals surface area contributed by atoms with Crippen molar-refractivity contribution in [2.24, 2.45) is 0 Å². The van der Waals surface area contributed by atoms with Gasteiger partial charge in [-0.1, -0.05) is 49.2 Å². The second kappa shape index (κ2) is 10.9. The number of nitrogens with zero attached hydrogens (tertiary/aromatic N) is 4. The van der Waals surface area contributed by atoms with E-state index in [4.69, 9.17) is 16.3 Å². The molecule has 0 atom stereocenters. The van der Waals surface area contributed by atoms with Crippen molar-refractivity contribution in [2.45, 2.75) is 46.3 Å². The van der Waals surface area contributed by atoms with Crippen molar-refractivity contribution in [1.29, 1.82) is 5.26 Å². The Morgan fingerprint density at radius 2 is 1.85 bits per heavy atom. The molecule has 0 fully saturated rings. The van der Waals surface area contributed by atoms with Gasteiger partial charge >= 0.3 is 6.18 Å². The summed E-state index contributed by atoms with van der Waals surface area (Å²) in [6.45, 7) is 7.58. The number of rotatable bonds is 6. The van der Waals surface area contributed by atoms with Gasteiger partial charge in [0.2, 0.25) is 5.88 Å². The number of alkyl halides is 3. The number of aromatic nitrogens is 3. The number of nitriles is 1. The fourth-order valence-corrected chi connectivity index (χ4v) is 4.45. The van der Waals surface area contributed by atoms with E-state index in [0.29, 0.717) is 16.9 Å². The third kappa shape index (κ3) is 5.96. The van der Waals surface area contributed by atoms with Gasteiger partial charge in [-0.3, -0.25) is 9.78 Å². The largest absolute Gasteiger partial charge is 0.437 e. The number of hydrogen-bond donors (Lipinski definition) is 0. The Balaban J connectivity index is 1.94. The first-order chi connectivity index (χ1) is 18.4. The molecule has 0 amide bonds. The lowest BCUT2D eigenvalue weighted by Crippen LogP contribution is -2.29. The summed E-state index contributed by atoms with van der Waals surface area (Å²) >= 11 is 5.91. The molecule has 0 bridgehead atoms. The maximum atomic E-state index is 14.0. The van der Waals surface area contributed by atoms with Crippen LogP contribution in [0.2, 0.25) is 5.15 Å². The molecule has 0 N–H and O–H groups in total. The summed E-state index contributed by atoms with van der Waals surface area (Å²) in [5.74, 6) is 0.465. The highest BCUT2D eigenvalue weighted by atomic mass is 35.5. The van der Waals surface area contributed by atoms with Gasteiger partial charge in [0.05, 0.1) is 30.2 Å². The fraction of sp³-hybridized carbons (Fsp3) is 0.241. The van der Waals surface area contributed by atoms with Crippen molar-refractivity contribution >= 4 is 11.6 Å². The quantitative estimate of drug-likeness (QED) is 0.248. The summed E-state index contributed by atoms with van der Waals surface area (Å²) in [4.78, 5) is 21.4. The van der Waals surface area contributed by atoms with Crippen LogP contribution in [0.1, 0.15) is 53.1 Å². The summed E-state index contributed by atoms with van der Waals surface area (Å²) in [5, 5.41) is 9.66. The Bertz CT molecular complexity index is 1660. The molecule has 6 nitrogen and oxygen atoms in total. The Hall–Kier alpha value is -4.16. The minimum absolute atomic E-state index is 0.0134. The maximum absolute atomic E-state index is 14.0. The number of halogens is 4. The number of ether oxygens (including phenoxy) is 1. The third-order valence-electron chi connectivity index (χ3n) is 6.27. The highest BCUT2D eigenvalue weighted by Crippen LogP contribution is 2.37. The number of benzene rings is 2. The molecule has 4 aromatic rings. The van der Waals surface area contributed by atoms with Crippen LogP contribution in [0.3, 0.4) is 0 Å². The van der Waals surface area contributed by atoms with Gasteiger partial charge in [0, 0.05) is 0 Å². The van der Waals surface area contributed by atoms with Crippen LogP contribution in [-0.4, -0.2) is 14.5 Å². The van der Waals surface area contributed by atoms with Crippen molar-refractivity contribution in [3.8, 4) is 29.0 Å². The van der Waals surface area contributed by atoms with Gasteiger partial charge in [-0.2, -0.15) is 23.4 Å². The molecule has 0 radical (unpaired) electrons. The molecular formula is C29H24ClF3N4O2. The van der Waals surface area contributed by atoms with Crippen LogP contribution in [0.25, 0.3) is 11.3 Å². The first kappa shape index (κ1) is 27.9. The molecule has 2 aromatic heterocycles. The molecule has 10 heteroatoms. The molecule has 2 aromatic carbocycles.